The van der Waals surface area contributed by atoms with Crippen molar-refractivity contribution in [3.05, 3.63) is 59.9 Å². The Hall–Kier alpha value is -3.21. The highest BCUT2D eigenvalue weighted by Gasteiger charge is 2.13. The smallest absolute Gasteiger partial charge is 0.189 e. The Morgan fingerprint density at radius 3 is 2.62 bits per heavy atom. The second kappa shape index (κ2) is 6.50. The zero-order chi connectivity index (χ0) is 17.1. The number of hydrogen-bond donors (Lipinski definition) is 1. The molecular formula is C19H16O5. The van der Waals surface area contributed by atoms with Crippen LogP contribution < -0.4 is 9.47 Å². The van der Waals surface area contributed by atoms with Gasteiger partial charge < -0.3 is 19.0 Å². The Morgan fingerprint density at radius 1 is 1.08 bits per heavy atom. The van der Waals surface area contributed by atoms with Crippen molar-refractivity contribution in [1.82, 2.24) is 0 Å². The maximum atomic E-state index is 12.3. The SMILES string of the molecule is COc1ccc(C=CC(=O)c2ccc3occc3c2O)cc1OC. The number of carbonyl (C=O) groups is 1. The standard InChI is InChI=1S/C19H16O5/c1-22-17-7-4-12(11-18(17)23-2)3-6-15(20)13-5-8-16-14(19(13)21)9-10-24-16/h3-11,21H,1-2H3. The molecule has 0 saturated carbocycles. The van der Waals surface area contributed by atoms with Crippen LogP contribution in [-0.2, 0) is 0 Å². The van der Waals surface area contributed by atoms with E-state index in [2.05, 4.69) is 0 Å². The van der Waals surface area contributed by atoms with E-state index in [0.29, 0.717) is 22.5 Å². The third-order valence-electron chi connectivity index (χ3n) is 3.71. The summed E-state index contributed by atoms with van der Waals surface area (Å²) >= 11 is 0. The molecule has 0 amide bonds. The summed E-state index contributed by atoms with van der Waals surface area (Å²) in [6, 6.07) is 10.2. The van der Waals surface area contributed by atoms with Crippen LogP contribution in [-0.4, -0.2) is 25.1 Å². The first-order valence-electron chi connectivity index (χ1n) is 7.27. The Balaban J connectivity index is 1.88. The van der Waals surface area contributed by atoms with Gasteiger partial charge in [0.25, 0.3) is 0 Å². The van der Waals surface area contributed by atoms with Crippen LogP contribution in [0.2, 0.25) is 0 Å². The van der Waals surface area contributed by atoms with Crippen LogP contribution in [0, 0.1) is 0 Å². The van der Waals surface area contributed by atoms with Crippen LogP contribution in [0.5, 0.6) is 17.2 Å². The summed E-state index contributed by atoms with van der Waals surface area (Å²) in [6.07, 6.45) is 4.53. The van der Waals surface area contributed by atoms with Crippen LogP contribution >= 0.6 is 0 Å². The van der Waals surface area contributed by atoms with Crippen LogP contribution in [0.25, 0.3) is 17.0 Å². The number of aromatic hydroxyl groups is 1. The van der Waals surface area contributed by atoms with E-state index in [0.717, 1.165) is 5.56 Å². The third kappa shape index (κ3) is 2.84. The summed E-state index contributed by atoms with van der Waals surface area (Å²) in [6.45, 7) is 0. The van der Waals surface area contributed by atoms with E-state index in [1.165, 1.54) is 12.3 Å². The number of allylic oxidation sites excluding steroid dienone is 1. The van der Waals surface area contributed by atoms with Crippen molar-refractivity contribution in [3.8, 4) is 17.2 Å². The topological polar surface area (TPSA) is 68.9 Å². The lowest BCUT2D eigenvalue weighted by molar-refractivity contribution is 0.104. The zero-order valence-corrected chi connectivity index (χ0v) is 13.3. The molecule has 24 heavy (non-hydrogen) atoms. The van der Waals surface area contributed by atoms with Crippen molar-refractivity contribution in [3.63, 3.8) is 0 Å². The van der Waals surface area contributed by atoms with Gasteiger partial charge in [0.1, 0.15) is 11.3 Å². The number of phenols is 1. The largest absolute Gasteiger partial charge is 0.506 e. The minimum absolute atomic E-state index is 0.0804. The summed E-state index contributed by atoms with van der Waals surface area (Å²) in [5, 5.41) is 10.7. The second-order valence-corrected chi connectivity index (χ2v) is 5.11. The third-order valence-corrected chi connectivity index (χ3v) is 3.71. The molecule has 0 saturated heterocycles. The number of ketones is 1. The number of furan rings is 1. The number of ether oxygens (including phenoxy) is 2. The van der Waals surface area contributed by atoms with Gasteiger partial charge in [-0.2, -0.15) is 0 Å². The quantitative estimate of drug-likeness (QED) is 0.566. The number of benzene rings is 2. The monoisotopic (exact) mass is 324 g/mol. The van der Waals surface area contributed by atoms with Gasteiger partial charge in [0, 0.05) is 0 Å². The fourth-order valence-electron chi connectivity index (χ4n) is 2.45. The fraction of sp³-hybridized carbons (Fsp3) is 0.105. The Kier molecular flexibility index (Phi) is 4.24. The Morgan fingerprint density at radius 2 is 1.88 bits per heavy atom. The van der Waals surface area contributed by atoms with Crippen LogP contribution in [0.4, 0.5) is 0 Å². The average molecular weight is 324 g/mol. The van der Waals surface area contributed by atoms with E-state index in [1.54, 1.807) is 50.6 Å². The zero-order valence-electron chi connectivity index (χ0n) is 13.3. The number of phenolic OH excluding ortho intramolecular Hbond substituents is 1. The average Bonchev–Trinajstić information content (AvgIpc) is 3.09. The molecule has 0 aliphatic rings. The van der Waals surface area contributed by atoms with E-state index in [1.807, 2.05) is 6.07 Å². The molecule has 1 heterocycles. The molecule has 0 atom stereocenters. The van der Waals surface area contributed by atoms with Crippen molar-refractivity contribution in [2.75, 3.05) is 14.2 Å². The van der Waals surface area contributed by atoms with Crippen molar-refractivity contribution < 1.29 is 23.8 Å². The number of rotatable bonds is 5. The molecule has 0 aliphatic heterocycles. The number of fused-ring (bicyclic) bond motifs is 1. The lowest BCUT2D eigenvalue weighted by Gasteiger charge is -2.07. The molecule has 5 nitrogen and oxygen atoms in total. The van der Waals surface area contributed by atoms with Gasteiger partial charge in [-0.05, 0) is 42.0 Å². The molecule has 1 N–H and O–H groups in total. The summed E-state index contributed by atoms with van der Waals surface area (Å²) in [5.74, 6) is 0.812. The molecular weight excluding hydrogens is 308 g/mol. The molecule has 0 unspecified atom stereocenters. The van der Waals surface area contributed by atoms with Crippen molar-refractivity contribution in [1.29, 1.82) is 0 Å². The van der Waals surface area contributed by atoms with Crippen LogP contribution in [0.3, 0.4) is 0 Å². The molecule has 3 aromatic rings. The minimum Gasteiger partial charge on any atom is -0.506 e. The normalized spacial score (nSPS) is 11.1. The molecule has 0 fully saturated rings. The Labute approximate surface area is 138 Å². The van der Waals surface area contributed by atoms with Gasteiger partial charge in [0.15, 0.2) is 17.3 Å². The highest BCUT2D eigenvalue weighted by molar-refractivity contribution is 6.11. The van der Waals surface area contributed by atoms with Crippen molar-refractivity contribution in [2.24, 2.45) is 0 Å². The molecule has 3 rings (SSSR count). The van der Waals surface area contributed by atoms with E-state index in [9.17, 15) is 9.90 Å². The lowest BCUT2D eigenvalue weighted by atomic mass is 10.1. The van der Waals surface area contributed by atoms with Gasteiger partial charge in [-0.3, -0.25) is 4.79 Å². The number of methoxy groups -OCH3 is 2. The summed E-state index contributed by atoms with van der Waals surface area (Å²) in [7, 11) is 3.11. The molecule has 5 heteroatoms. The van der Waals surface area contributed by atoms with Crippen LogP contribution in [0.15, 0.2) is 53.2 Å². The van der Waals surface area contributed by atoms with Crippen LogP contribution in [0.1, 0.15) is 15.9 Å². The predicted molar refractivity (Wildman–Crippen MR) is 90.8 cm³/mol. The van der Waals surface area contributed by atoms with Gasteiger partial charge in [0.2, 0.25) is 0 Å². The van der Waals surface area contributed by atoms with Gasteiger partial charge in [-0.25, -0.2) is 0 Å². The number of carbonyl (C=O) groups excluding carboxylic acids is 1. The van der Waals surface area contributed by atoms with E-state index in [4.69, 9.17) is 13.9 Å². The highest BCUT2D eigenvalue weighted by atomic mass is 16.5. The predicted octanol–water partition coefficient (Wildman–Crippen LogP) is 4.05. The lowest BCUT2D eigenvalue weighted by Crippen LogP contribution is -1.95. The Bertz CT molecular complexity index is 921. The highest BCUT2D eigenvalue weighted by Crippen LogP contribution is 2.31. The number of hydrogen-bond acceptors (Lipinski definition) is 5. The molecule has 0 spiro atoms. The first-order valence-corrected chi connectivity index (χ1v) is 7.27. The van der Waals surface area contributed by atoms with Gasteiger partial charge in [0.05, 0.1) is 31.4 Å². The molecule has 0 radical (unpaired) electrons. The van der Waals surface area contributed by atoms with E-state index >= 15 is 0 Å². The van der Waals surface area contributed by atoms with Gasteiger partial charge >= 0.3 is 0 Å². The molecule has 0 aliphatic carbocycles. The summed E-state index contributed by atoms with van der Waals surface area (Å²) < 4.78 is 15.6. The first-order chi connectivity index (χ1) is 11.6. The minimum atomic E-state index is -0.301. The fourth-order valence-corrected chi connectivity index (χ4v) is 2.45. The maximum Gasteiger partial charge on any atom is 0.189 e. The summed E-state index contributed by atoms with van der Waals surface area (Å²) in [5.41, 5.74) is 1.54. The molecule has 2 aromatic carbocycles. The van der Waals surface area contributed by atoms with E-state index < -0.39 is 0 Å². The van der Waals surface area contributed by atoms with Crippen molar-refractivity contribution >= 4 is 22.8 Å². The molecule has 1 aromatic heterocycles. The van der Waals surface area contributed by atoms with Gasteiger partial charge in [-0.15, -0.1) is 0 Å². The second-order valence-electron chi connectivity index (χ2n) is 5.11. The van der Waals surface area contributed by atoms with Gasteiger partial charge in [-0.1, -0.05) is 12.1 Å². The van der Waals surface area contributed by atoms with Crippen molar-refractivity contribution in [2.45, 2.75) is 0 Å². The summed E-state index contributed by atoms with van der Waals surface area (Å²) in [4.78, 5) is 12.3. The maximum absolute atomic E-state index is 12.3. The molecule has 0 bridgehead atoms. The molecule has 122 valence electrons. The van der Waals surface area contributed by atoms with E-state index in [-0.39, 0.29) is 17.1 Å². The first kappa shape index (κ1) is 15.7.